The van der Waals surface area contributed by atoms with Crippen molar-refractivity contribution in [3.63, 3.8) is 0 Å². The highest BCUT2D eigenvalue weighted by Crippen LogP contribution is 2.39. The molecule has 0 saturated carbocycles. The Hall–Kier alpha value is -2.25. The highest BCUT2D eigenvalue weighted by atomic mass is 16.6. The Morgan fingerprint density at radius 1 is 1.16 bits per heavy atom. The van der Waals surface area contributed by atoms with Crippen LogP contribution in [-0.2, 0) is 9.53 Å². The number of hydroxylamine groups is 1. The number of likely N-dealkylation sites (N-methyl/N-ethyl adjacent to an activating group) is 1. The van der Waals surface area contributed by atoms with Crippen LogP contribution in [0.3, 0.4) is 0 Å². The molecule has 1 fully saturated rings. The molecule has 2 heterocycles. The third-order valence-corrected chi connectivity index (χ3v) is 4.66. The van der Waals surface area contributed by atoms with Crippen molar-refractivity contribution in [1.29, 1.82) is 0 Å². The monoisotopic (exact) mass is 345 g/mol. The van der Waals surface area contributed by atoms with Gasteiger partial charge in [0.25, 0.3) is 0 Å². The molecule has 7 nitrogen and oxygen atoms in total. The summed E-state index contributed by atoms with van der Waals surface area (Å²) in [6.07, 6.45) is 0. The fourth-order valence-corrected chi connectivity index (χ4v) is 3.36. The first kappa shape index (κ1) is 17.6. The maximum Gasteiger partial charge on any atom is 0.357 e. The average molecular weight is 345 g/mol. The number of ether oxygens (including phenoxy) is 1. The molecule has 2 aliphatic rings. The predicted molar refractivity (Wildman–Crippen MR) is 97.3 cm³/mol. The van der Waals surface area contributed by atoms with Gasteiger partial charge in [0.2, 0.25) is 0 Å². The highest BCUT2D eigenvalue weighted by Gasteiger charge is 2.34. The number of hydrazine groups is 1. The molecule has 7 heteroatoms. The number of hydrogen-bond acceptors (Lipinski definition) is 7. The summed E-state index contributed by atoms with van der Waals surface area (Å²) in [6.45, 7) is 7.66. The van der Waals surface area contributed by atoms with Crippen molar-refractivity contribution in [2.24, 2.45) is 0 Å². The van der Waals surface area contributed by atoms with Crippen molar-refractivity contribution in [3.05, 3.63) is 40.7 Å². The Kier molecular flexibility index (Phi) is 5.15. The predicted octanol–water partition coefficient (Wildman–Crippen LogP) is 1.72. The lowest BCUT2D eigenvalue weighted by Crippen LogP contribution is -2.49. The van der Waals surface area contributed by atoms with Crippen molar-refractivity contribution in [1.82, 2.24) is 15.0 Å². The number of fused-ring (bicyclic) bond motifs is 1. The molecule has 0 N–H and O–H groups in total. The first-order valence-corrected chi connectivity index (χ1v) is 8.77. The van der Waals surface area contributed by atoms with Crippen LogP contribution in [0.4, 0.5) is 5.69 Å². The molecule has 1 aromatic carbocycles. The SMILES string of the molecule is CCOC(=O)C1=C(N2CCN(C)CC2)c2ccccc2N(CC)N1[O-]. The standard InChI is InChI=1S/C18H25N4O3/c1-4-21-15-9-7-6-8-14(15)16(20-12-10-19(3)11-13-20)17(22(21)24)18(23)25-5-2/h6-9H,4-5,10-13H2,1-3H3/q-1. The van der Waals surface area contributed by atoms with Gasteiger partial charge < -0.3 is 24.9 Å². The average Bonchev–Trinajstić information content (AvgIpc) is 2.62. The molecule has 0 amide bonds. The van der Waals surface area contributed by atoms with E-state index >= 15 is 0 Å². The van der Waals surface area contributed by atoms with Crippen LogP contribution in [0, 0.1) is 5.21 Å². The summed E-state index contributed by atoms with van der Waals surface area (Å²) >= 11 is 0. The molecule has 0 unspecified atom stereocenters. The second-order valence-electron chi connectivity index (χ2n) is 6.21. The van der Waals surface area contributed by atoms with Gasteiger partial charge in [-0.15, -0.1) is 0 Å². The number of hydrogen-bond donors (Lipinski definition) is 0. The molecule has 0 atom stereocenters. The molecular formula is C18H25N4O3-. The van der Waals surface area contributed by atoms with Crippen LogP contribution in [0.25, 0.3) is 5.70 Å². The largest absolute Gasteiger partial charge is 0.738 e. The first-order valence-electron chi connectivity index (χ1n) is 8.77. The number of carbonyl (C=O) groups excluding carboxylic acids is 1. The highest BCUT2D eigenvalue weighted by molar-refractivity contribution is 6.00. The van der Waals surface area contributed by atoms with Gasteiger partial charge in [0.1, 0.15) is 0 Å². The molecule has 0 radical (unpaired) electrons. The van der Waals surface area contributed by atoms with Crippen LogP contribution in [0.5, 0.6) is 0 Å². The number of carbonyl (C=O) groups is 1. The molecule has 1 aromatic rings. The van der Waals surface area contributed by atoms with E-state index in [0.29, 0.717) is 17.4 Å². The van der Waals surface area contributed by atoms with Gasteiger partial charge in [0.05, 0.1) is 18.0 Å². The fourth-order valence-electron chi connectivity index (χ4n) is 3.36. The van der Waals surface area contributed by atoms with Gasteiger partial charge >= 0.3 is 5.97 Å². The van der Waals surface area contributed by atoms with Gasteiger partial charge in [0.15, 0.2) is 5.70 Å². The maximum absolute atomic E-state index is 13.0. The lowest BCUT2D eigenvalue weighted by atomic mass is 10.0. The fraction of sp³-hybridized carbons (Fsp3) is 0.500. The van der Waals surface area contributed by atoms with Gasteiger partial charge in [-0.05, 0) is 27.0 Å². The molecule has 0 aliphatic carbocycles. The van der Waals surface area contributed by atoms with Crippen LogP contribution < -0.4 is 5.01 Å². The lowest BCUT2D eigenvalue weighted by molar-refractivity contribution is -0.140. The van der Waals surface area contributed by atoms with Crippen molar-refractivity contribution >= 4 is 17.4 Å². The number of anilines is 1. The Morgan fingerprint density at radius 3 is 2.48 bits per heavy atom. The van der Waals surface area contributed by atoms with E-state index in [2.05, 4.69) is 16.8 Å². The molecule has 0 spiro atoms. The van der Waals surface area contributed by atoms with E-state index in [9.17, 15) is 10.0 Å². The first-order chi connectivity index (χ1) is 12.1. The molecule has 3 rings (SSSR count). The van der Waals surface area contributed by atoms with E-state index in [-0.39, 0.29) is 12.3 Å². The van der Waals surface area contributed by atoms with Crippen molar-refractivity contribution in [2.75, 3.05) is 51.4 Å². The van der Waals surface area contributed by atoms with E-state index in [1.165, 1.54) is 0 Å². The Morgan fingerprint density at radius 2 is 1.84 bits per heavy atom. The third-order valence-electron chi connectivity index (χ3n) is 4.66. The zero-order valence-corrected chi connectivity index (χ0v) is 15.1. The maximum atomic E-state index is 13.0. The van der Waals surface area contributed by atoms with Gasteiger partial charge in [-0.1, -0.05) is 18.2 Å². The summed E-state index contributed by atoms with van der Waals surface area (Å²) in [5, 5.41) is 15.3. The molecule has 0 bridgehead atoms. The smallest absolute Gasteiger partial charge is 0.357 e. The minimum absolute atomic E-state index is 0.0759. The van der Waals surface area contributed by atoms with Gasteiger partial charge in [0, 0.05) is 38.3 Å². The van der Waals surface area contributed by atoms with Crippen LogP contribution >= 0.6 is 0 Å². The summed E-state index contributed by atoms with van der Waals surface area (Å²) in [7, 11) is 2.07. The minimum atomic E-state index is -0.570. The molecule has 2 aliphatic heterocycles. The van der Waals surface area contributed by atoms with E-state index in [1.54, 1.807) is 11.9 Å². The number of para-hydroxylation sites is 1. The number of esters is 1. The summed E-state index contributed by atoms with van der Waals surface area (Å²) in [5.74, 6) is -0.570. The molecule has 25 heavy (non-hydrogen) atoms. The summed E-state index contributed by atoms with van der Waals surface area (Å²) in [6, 6.07) is 7.73. The second kappa shape index (κ2) is 7.33. The number of benzene rings is 1. The number of rotatable bonds is 4. The van der Waals surface area contributed by atoms with Gasteiger partial charge in [-0.2, -0.15) is 0 Å². The van der Waals surface area contributed by atoms with Crippen molar-refractivity contribution in [3.8, 4) is 0 Å². The summed E-state index contributed by atoms with van der Waals surface area (Å²) in [5.41, 5.74) is 2.49. The van der Waals surface area contributed by atoms with E-state index in [0.717, 1.165) is 37.4 Å². The zero-order valence-electron chi connectivity index (χ0n) is 15.1. The van der Waals surface area contributed by atoms with Crippen LogP contribution in [0.15, 0.2) is 30.0 Å². The Bertz CT molecular complexity index is 668. The quantitative estimate of drug-likeness (QED) is 0.770. The minimum Gasteiger partial charge on any atom is -0.738 e. The van der Waals surface area contributed by atoms with E-state index < -0.39 is 5.97 Å². The number of piperazine rings is 1. The van der Waals surface area contributed by atoms with Crippen LogP contribution in [0.2, 0.25) is 0 Å². The zero-order chi connectivity index (χ0) is 18.0. The van der Waals surface area contributed by atoms with Gasteiger partial charge in [-0.25, -0.2) is 4.79 Å². The molecular weight excluding hydrogens is 320 g/mol. The summed E-state index contributed by atoms with van der Waals surface area (Å²) < 4.78 is 5.20. The molecule has 1 saturated heterocycles. The van der Waals surface area contributed by atoms with Crippen molar-refractivity contribution in [2.45, 2.75) is 13.8 Å². The Labute approximate surface area is 148 Å². The number of nitrogens with zero attached hydrogens (tertiary/aromatic N) is 4. The lowest BCUT2D eigenvalue weighted by Gasteiger charge is -2.49. The van der Waals surface area contributed by atoms with Crippen molar-refractivity contribution < 1.29 is 9.53 Å². The Balaban J connectivity index is 2.14. The molecule has 136 valence electrons. The van der Waals surface area contributed by atoms with E-state index in [4.69, 9.17) is 4.74 Å². The topological polar surface area (TPSA) is 62.3 Å². The second-order valence-corrected chi connectivity index (χ2v) is 6.21. The third kappa shape index (κ3) is 3.17. The summed E-state index contributed by atoms with van der Waals surface area (Å²) in [4.78, 5) is 17.0. The molecule has 0 aromatic heterocycles. The van der Waals surface area contributed by atoms with Gasteiger partial charge in [-0.3, -0.25) is 5.01 Å². The normalized spacial score (nSPS) is 18.5. The van der Waals surface area contributed by atoms with E-state index in [1.807, 2.05) is 31.2 Å². The van der Waals surface area contributed by atoms with Crippen LogP contribution in [-0.4, -0.2) is 67.3 Å². The van der Waals surface area contributed by atoms with Crippen LogP contribution in [0.1, 0.15) is 19.4 Å².